The lowest BCUT2D eigenvalue weighted by atomic mass is 9.88. The van der Waals surface area contributed by atoms with Crippen molar-refractivity contribution >= 4 is 35.5 Å². The van der Waals surface area contributed by atoms with Crippen molar-refractivity contribution in [2.75, 3.05) is 24.5 Å². The van der Waals surface area contributed by atoms with E-state index < -0.39 is 24.1 Å². The van der Waals surface area contributed by atoms with Crippen LogP contribution in [0.4, 0.5) is 5.69 Å². The second-order valence-corrected chi connectivity index (χ2v) is 9.66. The predicted octanol–water partition coefficient (Wildman–Crippen LogP) is 1.76. The second kappa shape index (κ2) is 10.3. The molecule has 4 aliphatic rings. The van der Waals surface area contributed by atoms with Crippen LogP contribution in [-0.2, 0) is 36.9 Å². The lowest BCUT2D eigenvalue weighted by Gasteiger charge is -2.39. The summed E-state index contributed by atoms with van der Waals surface area (Å²) in [5, 5.41) is 13.9. The van der Waals surface area contributed by atoms with Gasteiger partial charge in [-0.05, 0) is 56.2 Å². The number of amides is 3. The number of hydroxylamine groups is 2. The average molecular weight is 498 g/mol. The number of carbonyl (C=O) groups excluding carboxylic acids is 4. The maximum Gasteiger partial charge on any atom is 0.333 e. The van der Waals surface area contributed by atoms with Crippen molar-refractivity contribution in [1.29, 1.82) is 0 Å². The van der Waals surface area contributed by atoms with E-state index in [0.29, 0.717) is 36.6 Å². The maximum absolute atomic E-state index is 12.7. The summed E-state index contributed by atoms with van der Waals surface area (Å²) in [6, 6.07) is 2.09. The van der Waals surface area contributed by atoms with E-state index in [1.54, 1.807) is 6.08 Å². The number of aliphatic hydroxyl groups is 1. The first kappa shape index (κ1) is 24.3. The van der Waals surface area contributed by atoms with Gasteiger partial charge in [-0.3, -0.25) is 14.4 Å². The SMILES string of the molecule is O=C(CCCCCNC(=O)C1=Cc2cc3c4c(c2OC1O)CCCN4CCC3)ON1C(=O)CCC1=O. The van der Waals surface area contributed by atoms with E-state index in [2.05, 4.69) is 16.3 Å². The number of hydrogen-bond donors (Lipinski definition) is 2. The quantitative estimate of drug-likeness (QED) is 0.411. The summed E-state index contributed by atoms with van der Waals surface area (Å²) in [6.45, 7) is 2.46. The van der Waals surface area contributed by atoms with Crippen LogP contribution in [0.3, 0.4) is 0 Å². The summed E-state index contributed by atoms with van der Waals surface area (Å²) in [5.74, 6) is -1.31. The first-order chi connectivity index (χ1) is 17.4. The van der Waals surface area contributed by atoms with E-state index in [0.717, 1.165) is 49.9 Å². The standard InChI is InChI=1S/C26H31N3O7/c30-20-9-10-21(31)29(20)36-22(32)8-2-1-3-11-27-25(33)19-15-17-14-16-6-4-12-28-13-5-7-18(23(16)28)24(17)35-26(19)34/h14-15,26,34H,1-13H2,(H,27,33). The van der Waals surface area contributed by atoms with E-state index in [9.17, 15) is 24.3 Å². The number of fused-ring (bicyclic) bond motifs is 2. The van der Waals surface area contributed by atoms with Crippen LogP contribution in [0.2, 0.25) is 0 Å². The van der Waals surface area contributed by atoms with Crippen molar-refractivity contribution in [2.24, 2.45) is 0 Å². The van der Waals surface area contributed by atoms with Crippen molar-refractivity contribution in [2.45, 2.75) is 70.5 Å². The molecule has 1 unspecified atom stereocenters. The molecular formula is C26H31N3O7. The van der Waals surface area contributed by atoms with Crippen LogP contribution >= 0.6 is 0 Å². The third kappa shape index (κ3) is 4.82. The molecular weight excluding hydrogens is 466 g/mol. The Hall–Kier alpha value is -3.40. The maximum atomic E-state index is 12.7. The Balaban J connectivity index is 1.11. The zero-order valence-electron chi connectivity index (χ0n) is 20.2. The Morgan fingerprint density at radius 1 is 1.06 bits per heavy atom. The number of aliphatic hydroxyl groups excluding tert-OH is 1. The highest BCUT2D eigenvalue weighted by Gasteiger charge is 2.34. The van der Waals surface area contributed by atoms with Gasteiger partial charge in [-0.25, -0.2) is 4.79 Å². The summed E-state index contributed by atoms with van der Waals surface area (Å²) in [5.41, 5.74) is 4.70. The number of benzene rings is 1. The molecule has 0 aromatic heterocycles. The molecule has 192 valence electrons. The van der Waals surface area contributed by atoms with Gasteiger partial charge in [0.15, 0.2) is 0 Å². The van der Waals surface area contributed by atoms with Gasteiger partial charge in [-0.15, -0.1) is 5.06 Å². The van der Waals surface area contributed by atoms with Crippen molar-refractivity contribution in [3.8, 4) is 5.75 Å². The van der Waals surface area contributed by atoms with Crippen molar-refractivity contribution in [3.05, 3.63) is 28.3 Å². The molecule has 0 radical (unpaired) electrons. The lowest BCUT2D eigenvalue weighted by molar-refractivity contribution is -0.197. The molecule has 0 aliphatic carbocycles. The number of unbranched alkanes of at least 4 members (excludes halogenated alkanes) is 2. The minimum atomic E-state index is -1.32. The molecule has 2 N–H and O–H groups in total. The van der Waals surface area contributed by atoms with Gasteiger partial charge in [-0.1, -0.05) is 6.42 Å². The van der Waals surface area contributed by atoms with Crippen LogP contribution < -0.4 is 15.0 Å². The van der Waals surface area contributed by atoms with Crippen molar-refractivity contribution in [1.82, 2.24) is 10.4 Å². The second-order valence-electron chi connectivity index (χ2n) is 9.66. The number of nitrogens with one attached hydrogen (secondary N) is 1. The summed E-state index contributed by atoms with van der Waals surface area (Å²) >= 11 is 0. The molecule has 10 heteroatoms. The Kier molecular flexibility index (Phi) is 6.95. The molecule has 0 bridgehead atoms. The van der Waals surface area contributed by atoms with Crippen molar-refractivity contribution < 1.29 is 33.9 Å². The highest BCUT2D eigenvalue weighted by Crippen LogP contribution is 2.45. The molecule has 0 spiro atoms. The van der Waals surface area contributed by atoms with Gasteiger partial charge in [0.25, 0.3) is 17.7 Å². The molecule has 36 heavy (non-hydrogen) atoms. The molecule has 5 rings (SSSR count). The highest BCUT2D eigenvalue weighted by atomic mass is 16.7. The first-order valence-corrected chi connectivity index (χ1v) is 12.8. The van der Waals surface area contributed by atoms with Crippen LogP contribution in [-0.4, -0.2) is 59.8 Å². The van der Waals surface area contributed by atoms with Crippen molar-refractivity contribution in [3.63, 3.8) is 0 Å². The Bertz CT molecular complexity index is 1110. The topological polar surface area (TPSA) is 125 Å². The summed E-state index contributed by atoms with van der Waals surface area (Å²) in [6.07, 6.45) is 6.44. The van der Waals surface area contributed by atoms with Gasteiger partial charge in [0, 0.05) is 55.7 Å². The molecule has 10 nitrogen and oxygen atoms in total. The predicted molar refractivity (Wildman–Crippen MR) is 129 cm³/mol. The molecule has 4 heterocycles. The lowest BCUT2D eigenvalue weighted by Crippen LogP contribution is -2.37. The first-order valence-electron chi connectivity index (χ1n) is 12.8. The van der Waals surface area contributed by atoms with E-state index in [1.807, 2.05) is 0 Å². The third-order valence-corrected chi connectivity index (χ3v) is 7.11. The molecule has 1 atom stereocenters. The van der Waals surface area contributed by atoms with Gasteiger partial charge in [-0.2, -0.15) is 0 Å². The Labute approximate surface area is 209 Å². The monoisotopic (exact) mass is 497 g/mol. The number of ether oxygens (including phenoxy) is 1. The van der Waals surface area contributed by atoms with Gasteiger partial charge in [0.05, 0.1) is 5.57 Å². The summed E-state index contributed by atoms with van der Waals surface area (Å²) in [7, 11) is 0. The molecule has 4 aliphatic heterocycles. The average Bonchev–Trinajstić information content (AvgIpc) is 3.18. The smallest absolute Gasteiger partial charge is 0.333 e. The normalized spacial score (nSPS) is 20.4. The molecule has 1 aromatic carbocycles. The molecule has 1 aromatic rings. The minimum absolute atomic E-state index is 0.0650. The van der Waals surface area contributed by atoms with E-state index in [-0.39, 0.29) is 30.7 Å². The van der Waals surface area contributed by atoms with Crippen LogP contribution in [0.15, 0.2) is 11.6 Å². The highest BCUT2D eigenvalue weighted by molar-refractivity contribution is 6.01. The zero-order chi connectivity index (χ0) is 25.2. The summed E-state index contributed by atoms with van der Waals surface area (Å²) in [4.78, 5) is 54.8. The molecule has 3 amide bonds. The van der Waals surface area contributed by atoms with Gasteiger partial charge in [0.1, 0.15) is 5.75 Å². The number of imide groups is 1. The van der Waals surface area contributed by atoms with Gasteiger partial charge < -0.3 is 24.9 Å². The van der Waals surface area contributed by atoms with Crippen LogP contribution in [0, 0.1) is 0 Å². The zero-order valence-corrected chi connectivity index (χ0v) is 20.2. The summed E-state index contributed by atoms with van der Waals surface area (Å²) < 4.78 is 5.87. The number of nitrogens with zero attached hydrogens (tertiary/aromatic N) is 2. The fourth-order valence-corrected chi connectivity index (χ4v) is 5.37. The number of carbonyl (C=O) groups is 4. The fraction of sp³-hybridized carbons (Fsp3) is 0.538. The van der Waals surface area contributed by atoms with Crippen LogP contribution in [0.25, 0.3) is 6.08 Å². The molecule has 0 saturated carbocycles. The third-order valence-electron chi connectivity index (χ3n) is 7.11. The number of hydrogen-bond acceptors (Lipinski definition) is 8. The number of anilines is 1. The fourth-order valence-electron chi connectivity index (χ4n) is 5.37. The Morgan fingerprint density at radius 3 is 2.58 bits per heavy atom. The Morgan fingerprint density at radius 2 is 1.81 bits per heavy atom. The van der Waals surface area contributed by atoms with E-state index in [1.165, 1.54) is 11.3 Å². The number of rotatable bonds is 8. The van der Waals surface area contributed by atoms with E-state index in [4.69, 9.17) is 9.57 Å². The van der Waals surface area contributed by atoms with Gasteiger partial charge in [0.2, 0.25) is 6.29 Å². The van der Waals surface area contributed by atoms with Gasteiger partial charge >= 0.3 is 5.97 Å². The van der Waals surface area contributed by atoms with Crippen LogP contribution in [0.5, 0.6) is 5.75 Å². The van der Waals surface area contributed by atoms with Crippen LogP contribution in [0.1, 0.15) is 68.1 Å². The largest absolute Gasteiger partial charge is 0.460 e. The molecule has 1 saturated heterocycles. The minimum Gasteiger partial charge on any atom is -0.460 e. The number of aryl methyl sites for hydroxylation is 1. The van der Waals surface area contributed by atoms with E-state index >= 15 is 0 Å². The molecule has 1 fully saturated rings.